The SMILES string of the molecule is COc1ccc(N(Cc2cc(CN3CCOCC3)cs2)S(=O)(=O)c2cccc(C#N)c2)cc1. The molecule has 3 aromatic rings. The van der Waals surface area contributed by atoms with Gasteiger partial charge >= 0.3 is 0 Å². The number of rotatable bonds is 8. The first kappa shape index (κ1) is 23.3. The van der Waals surface area contributed by atoms with Gasteiger partial charge in [-0.25, -0.2) is 8.42 Å². The summed E-state index contributed by atoms with van der Waals surface area (Å²) in [7, 11) is -2.33. The standard InChI is InChI=1S/C24H25N3O4S2/c1-30-22-7-5-21(6-8-22)27(33(28,29)24-4-2-3-19(14-24)15-25)17-23-13-20(18-32-23)16-26-9-11-31-12-10-26/h2-8,13-14,18H,9-12,16-17H2,1H3. The van der Waals surface area contributed by atoms with Crippen LogP contribution in [0.25, 0.3) is 0 Å². The van der Waals surface area contributed by atoms with Crippen molar-refractivity contribution in [2.24, 2.45) is 0 Å². The second kappa shape index (κ2) is 10.4. The van der Waals surface area contributed by atoms with Crippen LogP contribution in [0.1, 0.15) is 16.0 Å². The second-order valence-electron chi connectivity index (χ2n) is 7.66. The van der Waals surface area contributed by atoms with Crippen molar-refractivity contribution in [2.45, 2.75) is 18.0 Å². The van der Waals surface area contributed by atoms with Crippen molar-refractivity contribution < 1.29 is 17.9 Å². The van der Waals surface area contributed by atoms with Crippen molar-refractivity contribution in [3.63, 3.8) is 0 Å². The first-order valence-corrected chi connectivity index (χ1v) is 12.8. The van der Waals surface area contributed by atoms with Crippen LogP contribution in [0, 0.1) is 11.3 Å². The number of anilines is 1. The van der Waals surface area contributed by atoms with Crippen LogP contribution in [0.5, 0.6) is 5.75 Å². The van der Waals surface area contributed by atoms with Gasteiger partial charge in [0.15, 0.2) is 0 Å². The third-order valence-electron chi connectivity index (χ3n) is 5.43. The van der Waals surface area contributed by atoms with Gasteiger partial charge < -0.3 is 9.47 Å². The molecule has 0 saturated carbocycles. The van der Waals surface area contributed by atoms with E-state index in [0.29, 0.717) is 17.0 Å². The predicted octanol–water partition coefficient (Wildman–Crippen LogP) is 3.86. The highest BCUT2D eigenvalue weighted by Crippen LogP contribution is 2.30. The molecule has 0 aliphatic carbocycles. The Kier molecular flexibility index (Phi) is 7.30. The number of ether oxygens (including phenoxy) is 2. The van der Waals surface area contributed by atoms with Gasteiger partial charge in [-0.15, -0.1) is 11.3 Å². The highest BCUT2D eigenvalue weighted by atomic mass is 32.2. The predicted molar refractivity (Wildman–Crippen MR) is 128 cm³/mol. The van der Waals surface area contributed by atoms with Crippen LogP contribution < -0.4 is 9.04 Å². The molecule has 1 aliphatic heterocycles. The molecule has 0 amide bonds. The van der Waals surface area contributed by atoms with E-state index in [1.54, 1.807) is 54.8 Å². The van der Waals surface area contributed by atoms with Crippen LogP contribution in [-0.4, -0.2) is 46.7 Å². The van der Waals surface area contributed by atoms with Gasteiger partial charge in [0.05, 0.1) is 49.1 Å². The lowest BCUT2D eigenvalue weighted by molar-refractivity contribution is 0.0342. The lowest BCUT2D eigenvalue weighted by Crippen LogP contribution is -2.35. The number of hydrogen-bond acceptors (Lipinski definition) is 7. The van der Waals surface area contributed by atoms with Gasteiger partial charge in [0.2, 0.25) is 0 Å². The molecule has 33 heavy (non-hydrogen) atoms. The smallest absolute Gasteiger partial charge is 0.264 e. The van der Waals surface area contributed by atoms with Crippen molar-refractivity contribution in [3.8, 4) is 11.8 Å². The number of benzene rings is 2. The molecule has 0 N–H and O–H groups in total. The Morgan fingerprint density at radius 1 is 1.15 bits per heavy atom. The van der Waals surface area contributed by atoms with Crippen LogP contribution >= 0.6 is 11.3 Å². The Balaban J connectivity index is 1.64. The highest BCUT2D eigenvalue weighted by Gasteiger charge is 2.26. The van der Waals surface area contributed by atoms with Gasteiger partial charge in [-0.05, 0) is 59.5 Å². The minimum absolute atomic E-state index is 0.0856. The normalized spacial score (nSPS) is 14.5. The van der Waals surface area contributed by atoms with Crippen molar-refractivity contribution in [1.82, 2.24) is 4.90 Å². The lowest BCUT2D eigenvalue weighted by atomic mass is 10.2. The van der Waals surface area contributed by atoms with E-state index in [1.165, 1.54) is 16.4 Å². The third kappa shape index (κ3) is 5.54. The monoisotopic (exact) mass is 483 g/mol. The fraction of sp³-hybridized carbons (Fsp3) is 0.292. The Hall–Kier alpha value is -2.90. The van der Waals surface area contributed by atoms with E-state index < -0.39 is 10.0 Å². The molecule has 9 heteroatoms. The van der Waals surface area contributed by atoms with Crippen molar-refractivity contribution in [2.75, 3.05) is 37.7 Å². The van der Waals surface area contributed by atoms with Crippen molar-refractivity contribution >= 4 is 27.0 Å². The summed E-state index contributed by atoms with van der Waals surface area (Å²) >= 11 is 1.55. The summed E-state index contributed by atoms with van der Waals surface area (Å²) in [4.78, 5) is 3.36. The van der Waals surface area contributed by atoms with E-state index >= 15 is 0 Å². The lowest BCUT2D eigenvalue weighted by Gasteiger charge is -2.26. The van der Waals surface area contributed by atoms with E-state index in [0.717, 1.165) is 43.3 Å². The van der Waals surface area contributed by atoms with Gasteiger partial charge in [-0.2, -0.15) is 5.26 Å². The molecule has 1 fully saturated rings. The molecular formula is C24H25N3O4S2. The zero-order valence-electron chi connectivity index (χ0n) is 18.3. The maximum absolute atomic E-state index is 13.7. The molecule has 2 aromatic carbocycles. The van der Waals surface area contributed by atoms with Crippen molar-refractivity contribution in [1.29, 1.82) is 5.26 Å². The van der Waals surface area contributed by atoms with Crippen LogP contribution in [0.3, 0.4) is 0 Å². The Bertz CT molecular complexity index is 1230. The first-order valence-electron chi connectivity index (χ1n) is 10.5. The number of thiophene rings is 1. The fourth-order valence-electron chi connectivity index (χ4n) is 3.67. The summed E-state index contributed by atoms with van der Waals surface area (Å²) in [5.41, 5.74) is 1.99. The van der Waals surface area contributed by atoms with Crippen molar-refractivity contribution in [3.05, 3.63) is 76.0 Å². The molecule has 0 radical (unpaired) electrons. The summed E-state index contributed by atoms with van der Waals surface area (Å²) in [6, 6.07) is 17.1. The summed E-state index contributed by atoms with van der Waals surface area (Å²) in [5, 5.41) is 11.3. The summed E-state index contributed by atoms with van der Waals surface area (Å²) in [6.07, 6.45) is 0. The largest absolute Gasteiger partial charge is 0.497 e. The van der Waals surface area contributed by atoms with Gasteiger partial charge in [0, 0.05) is 24.5 Å². The van der Waals surface area contributed by atoms with E-state index in [2.05, 4.69) is 16.3 Å². The number of morpholine rings is 1. The number of nitrogens with zero attached hydrogens (tertiary/aromatic N) is 3. The maximum atomic E-state index is 13.7. The molecule has 172 valence electrons. The average molecular weight is 484 g/mol. The van der Waals surface area contributed by atoms with Crippen LogP contribution in [0.2, 0.25) is 0 Å². The van der Waals surface area contributed by atoms with Gasteiger partial charge in [-0.3, -0.25) is 9.21 Å². The zero-order valence-corrected chi connectivity index (χ0v) is 19.9. The average Bonchev–Trinajstić information content (AvgIpc) is 3.30. The van der Waals surface area contributed by atoms with Crippen LogP contribution in [-0.2, 0) is 27.8 Å². The van der Waals surface area contributed by atoms with Crippen LogP contribution in [0.4, 0.5) is 5.69 Å². The molecule has 0 bridgehead atoms. The molecule has 4 rings (SSSR count). The molecule has 1 aliphatic rings. The molecule has 0 spiro atoms. The second-order valence-corrected chi connectivity index (χ2v) is 10.5. The Labute approximate surface area is 198 Å². The molecule has 1 saturated heterocycles. The Morgan fingerprint density at radius 3 is 2.61 bits per heavy atom. The number of hydrogen-bond donors (Lipinski definition) is 0. The summed E-state index contributed by atoms with van der Waals surface area (Å²) in [6.45, 7) is 4.28. The third-order valence-corrected chi connectivity index (χ3v) is 8.17. The fourth-order valence-corrected chi connectivity index (χ4v) is 6.11. The molecular weight excluding hydrogens is 458 g/mol. The first-order chi connectivity index (χ1) is 16.0. The molecule has 1 aromatic heterocycles. The topological polar surface area (TPSA) is 82.9 Å². The number of sulfonamides is 1. The molecule has 0 unspecified atom stereocenters. The summed E-state index contributed by atoms with van der Waals surface area (Å²) in [5.74, 6) is 0.645. The Morgan fingerprint density at radius 2 is 1.91 bits per heavy atom. The highest BCUT2D eigenvalue weighted by molar-refractivity contribution is 7.92. The van der Waals surface area contributed by atoms with Crippen LogP contribution in [0.15, 0.2) is 64.9 Å². The maximum Gasteiger partial charge on any atom is 0.264 e. The zero-order chi connectivity index (χ0) is 23.3. The summed E-state index contributed by atoms with van der Waals surface area (Å²) < 4.78 is 39.3. The minimum atomic E-state index is -3.90. The van der Waals surface area contributed by atoms with Gasteiger partial charge in [0.25, 0.3) is 10.0 Å². The number of methoxy groups -OCH3 is 1. The minimum Gasteiger partial charge on any atom is -0.497 e. The number of nitriles is 1. The quantitative estimate of drug-likeness (QED) is 0.484. The molecule has 7 nitrogen and oxygen atoms in total. The van der Waals surface area contributed by atoms with Gasteiger partial charge in [-0.1, -0.05) is 6.07 Å². The molecule has 0 atom stereocenters. The van der Waals surface area contributed by atoms with E-state index in [-0.39, 0.29) is 11.4 Å². The van der Waals surface area contributed by atoms with Gasteiger partial charge in [0.1, 0.15) is 5.75 Å². The molecule has 2 heterocycles. The van der Waals surface area contributed by atoms with E-state index in [9.17, 15) is 13.7 Å². The van der Waals surface area contributed by atoms with E-state index in [1.807, 2.05) is 6.07 Å². The van der Waals surface area contributed by atoms with E-state index in [4.69, 9.17) is 9.47 Å².